The van der Waals surface area contributed by atoms with Gasteiger partial charge in [-0.05, 0) is 67.7 Å². The Kier molecular flexibility index (Phi) is 4.01. The van der Waals surface area contributed by atoms with Crippen LogP contribution in [0.5, 0.6) is 0 Å². The molecule has 0 amide bonds. The van der Waals surface area contributed by atoms with Crippen LogP contribution in [0.15, 0.2) is 36.9 Å². The minimum Gasteiger partial charge on any atom is -0.356 e. The average molecular weight is 387 g/mol. The molecule has 0 radical (unpaired) electrons. The first kappa shape index (κ1) is 17.3. The van der Waals surface area contributed by atoms with Crippen molar-refractivity contribution >= 4 is 16.7 Å². The Morgan fingerprint density at radius 2 is 1.79 bits per heavy atom. The van der Waals surface area contributed by atoms with Crippen LogP contribution in [0, 0.1) is 5.41 Å². The number of rotatable bonds is 3. The van der Waals surface area contributed by atoms with Crippen LogP contribution >= 0.6 is 0 Å². The van der Waals surface area contributed by atoms with Gasteiger partial charge in [-0.25, -0.2) is 9.97 Å². The van der Waals surface area contributed by atoms with Gasteiger partial charge in [-0.2, -0.15) is 0 Å². The van der Waals surface area contributed by atoms with Gasteiger partial charge in [-0.1, -0.05) is 0 Å². The van der Waals surface area contributed by atoms with Gasteiger partial charge < -0.3 is 10.2 Å². The van der Waals surface area contributed by atoms with Crippen molar-refractivity contribution in [3.8, 4) is 11.4 Å². The number of nitrogens with zero attached hydrogens (tertiary/aromatic N) is 5. The minimum atomic E-state index is 0.494. The fourth-order valence-corrected chi connectivity index (χ4v) is 5.07. The van der Waals surface area contributed by atoms with E-state index in [9.17, 15) is 0 Å². The third-order valence-electron chi connectivity index (χ3n) is 7.03. The van der Waals surface area contributed by atoms with E-state index in [4.69, 9.17) is 9.97 Å². The van der Waals surface area contributed by atoms with Gasteiger partial charge in [0.1, 0.15) is 5.82 Å². The molecule has 2 aliphatic heterocycles. The third-order valence-corrected chi connectivity index (χ3v) is 7.03. The molecular weight excluding hydrogens is 360 g/mol. The van der Waals surface area contributed by atoms with Gasteiger partial charge in [-0.3, -0.25) is 9.97 Å². The van der Waals surface area contributed by atoms with E-state index in [2.05, 4.69) is 20.2 Å². The second kappa shape index (κ2) is 6.73. The summed E-state index contributed by atoms with van der Waals surface area (Å²) in [5.74, 6) is 2.50. The fourth-order valence-electron chi connectivity index (χ4n) is 5.07. The lowest BCUT2D eigenvalue weighted by molar-refractivity contribution is 0.247. The van der Waals surface area contributed by atoms with Crippen molar-refractivity contribution in [1.82, 2.24) is 25.3 Å². The molecule has 6 rings (SSSR count). The zero-order valence-electron chi connectivity index (χ0n) is 16.6. The molecule has 1 N–H and O–H groups in total. The van der Waals surface area contributed by atoms with Crippen LogP contribution < -0.4 is 10.2 Å². The number of hydrogen-bond acceptors (Lipinski definition) is 6. The first-order valence-electron chi connectivity index (χ1n) is 10.8. The summed E-state index contributed by atoms with van der Waals surface area (Å²) in [6, 6.07) is 3.97. The maximum absolute atomic E-state index is 5.12. The number of piperidine rings is 1. The molecule has 0 bridgehead atoms. The first-order valence-corrected chi connectivity index (χ1v) is 10.8. The van der Waals surface area contributed by atoms with Gasteiger partial charge in [0, 0.05) is 49.2 Å². The Balaban J connectivity index is 1.46. The summed E-state index contributed by atoms with van der Waals surface area (Å²) in [5.41, 5.74) is 3.80. The number of aromatic nitrogens is 4. The number of hydrogen-bond donors (Lipinski definition) is 1. The zero-order valence-corrected chi connectivity index (χ0v) is 16.6. The summed E-state index contributed by atoms with van der Waals surface area (Å²) in [6.45, 7) is 4.47. The molecule has 1 saturated carbocycles. The molecule has 3 aliphatic rings. The fraction of sp³-hybridized carbons (Fsp3) is 0.478. The Bertz CT molecular complexity index is 1030. The third kappa shape index (κ3) is 3.06. The van der Waals surface area contributed by atoms with Crippen molar-refractivity contribution < 1.29 is 0 Å². The Hall–Kier alpha value is -2.60. The summed E-state index contributed by atoms with van der Waals surface area (Å²) in [4.78, 5) is 21.2. The maximum atomic E-state index is 5.12. The smallest absolute Gasteiger partial charge is 0.162 e. The normalized spacial score (nSPS) is 21.2. The van der Waals surface area contributed by atoms with Crippen molar-refractivity contribution in [2.75, 3.05) is 31.1 Å². The van der Waals surface area contributed by atoms with Crippen LogP contribution in [-0.4, -0.2) is 46.1 Å². The Morgan fingerprint density at radius 3 is 2.52 bits per heavy atom. The number of pyridine rings is 2. The molecule has 6 nitrogen and oxygen atoms in total. The van der Waals surface area contributed by atoms with Gasteiger partial charge in [0.15, 0.2) is 5.82 Å². The molecule has 0 atom stereocenters. The lowest BCUT2D eigenvalue weighted by atomic mass is 9.78. The van der Waals surface area contributed by atoms with Gasteiger partial charge in [0.25, 0.3) is 0 Å². The van der Waals surface area contributed by atoms with Gasteiger partial charge >= 0.3 is 0 Å². The summed E-state index contributed by atoms with van der Waals surface area (Å²) < 4.78 is 0. The van der Waals surface area contributed by atoms with E-state index >= 15 is 0 Å². The van der Waals surface area contributed by atoms with Crippen LogP contribution in [-0.2, 0) is 0 Å². The topological polar surface area (TPSA) is 66.8 Å². The summed E-state index contributed by atoms with van der Waals surface area (Å²) >= 11 is 0. The van der Waals surface area contributed by atoms with Crippen LogP contribution in [0.1, 0.15) is 43.6 Å². The molecule has 5 heterocycles. The Morgan fingerprint density at radius 1 is 0.966 bits per heavy atom. The highest BCUT2D eigenvalue weighted by Gasteiger charge is 2.38. The van der Waals surface area contributed by atoms with E-state index < -0.39 is 0 Å². The van der Waals surface area contributed by atoms with Crippen LogP contribution in [0.4, 0.5) is 5.82 Å². The quantitative estimate of drug-likeness (QED) is 0.743. The van der Waals surface area contributed by atoms with Gasteiger partial charge in [0.2, 0.25) is 0 Å². The molecule has 3 fully saturated rings. The predicted octanol–water partition coefficient (Wildman–Crippen LogP) is 3.54. The van der Waals surface area contributed by atoms with Crippen LogP contribution in [0.2, 0.25) is 0 Å². The Labute approximate surface area is 170 Å². The molecule has 3 aromatic rings. The maximum Gasteiger partial charge on any atom is 0.162 e. The minimum absolute atomic E-state index is 0.494. The molecule has 1 spiro atoms. The van der Waals surface area contributed by atoms with E-state index in [1.54, 1.807) is 12.4 Å². The number of anilines is 1. The summed E-state index contributed by atoms with van der Waals surface area (Å²) in [7, 11) is 0. The average Bonchev–Trinajstić information content (AvgIpc) is 3.54. The lowest BCUT2D eigenvalue weighted by Gasteiger charge is -2.40. The van der Waals surface area contributed by atoms with Gasteiger partial charge in [-0.15, -0.1) is 0 Å². The standard InChI is InChI=1S/C23H26N6/c1-2-16(1)18-13-26-14-19-20(18)22(28-21(27-19)17-3-8-24-9-4-17)29-11-6-23(7-12-29)5-10-25-15-23/h3-4,8-9,13-14,16,25H,1-2,5-7,10-12,15H2. The SMILES string of the molecule is c1cc(-c2nc(N3CCC4(CCNC4)CC3)c3c(C4CC4)cncc3n2)ccn1. The van der Waals surface area contributed by atoms with E-state index in [1.807, 2.05) is 24.5 Å². The van der Waals surface area contributed by atoms with Crippen molar-refractivity contribution in [1.29, 1.82) is 0 Å². The van der Waals surface area contributed by atoms with Crippen molar-refractivity contribution in [2.45, 2.75) is 38.0 Å². The van der Waals surface area contributed by atoms with Crippen molar-refractivity contribution in [3.63, 3.8) is 0 Å². The second-order valence-corrected chi connectivity index (χ2v) is 8.92. The molecule has 1 aliphatic carbocycles. The van der Waals surface area contributed by atoms with E-state index in [0.29, 0.717) is 11.3 Å². The number of nitrogens with one attached hydrogen (secondary N) is 1. The highest BCUT2D eigenvalue weighted by Crippen LogP contribution is 2.46. The van der Waals surface area contributed by atoms with Crippen molar-refractivity contribution in [2.24, 2.45) is 5.41 Å². The van der Waals surface area contributed by atoms with E-state index in [0.717, 1.165) is 35.8 Å². The predicted molar refractivity (Wildman–Crippen MR) is 114 cm³/mol. The molecular formula is C23H26N6. The molecule has 0 unspecified atom stereocenters. The summed E-state index contributed by atoms with van der Waals surface area (Å²) in [6.07, 6.45) is 13.8. The van der Waals surface area contributed by atoms with Crippen molar-refractivity contribution in [3.05, 3.63) is 42.5 Å². The monoisotopic (exact) mass is 386 g/mol. The zero-order chi connectivity index (χ0) is 19.3. The lowest BCUT2D eigenvalue weighted by Crippen LogP contribution is -2.41. The molecule has 2 saturated heterocycles. The molecule has 6 heteroatoms. The first-order chi connectivity index (χ1) is 14.3. The van der Waals surface area contributed by atoms with Crippen LogP contribution in [0.25, 0.3) is 22.3 Å². The molecule has 29 heavy (non-hydrogen) atoms. The van der Waals surface area contributed by atoms with Crippen LogP contribution in [0.3, 0.4) is 0 Å². The summed E-state index contributed by atoms with van der Waals surface area (Å²) in [5, 5.41) is 4.79. The largest absolute Gasteiger partial charge is 0.356 e. The number of fused-ring (bicyclic) bond motifs is 1. The molecule has 3 aromatic heterocycles. The highest BCUT2D eigenvalue weighted by atomic mass is 15.2. The van der Waals surface area contributed by atoms with E-state index in [1.165, 1.54) is 56.1 Å². The highest BCUT2D eigenvalue weighted by molar-refractivity contribution is 5.94. The van der Waals surface area contributed by atoms with E-state index in [-0.39, 0.29) is 0 Å². The second-order valence-electron chi connectivity index (χ2n) is 8.92. The van der Waals surface area contributed by atoms with Gasteiger partial charge in [0.05, 0.1) is 11.7 Å². The molecule has 0 aromatic carbocycles. The molecule has 148 valence electrons.